The smallest absolute Gasteiger partial charge is 0.231 e. The minimum absolute atomic E-state index is 0.308. The number of benzene rings is 2. The van der Waals surface area contributed by atoms with Crippen LogP contribution in [-0.4, -0.2) is 6.79 Å². The van der Waals surface area contributed by atoms with E-state index >= 15 is 0 Å². The van der Waals surface area contributed by atoms with Gasteiger partial charge in [-0.15, -0.1) is 0 Å². The molecule has 0 saturated carbocycles. The van der Waals surface area contributed by atoms with Gasteiger partial charge >= 0.3 is 0 Å². The van der Waals surface area contributed by atoms with Crippen LogP contribution in [0.25, 0.3) is 11.1 Å². The molecule has 0 N–H and O–H groups in total. The zero-order chi connectivity index (χ0) is 14.1. The predicted molar refractivity (Wildman–Crippen MR) is 83.6 cm³/mol. The summed E-state index contributed by atoms with van der Waals surface area (Å²) in [5.41, 5.74) is 3.62. The third-order valence-electron chi connectivity index (χ3n) is 4.00. The number of allylic oxidation sites excluding steroid dienone is 4. The second kappa shape index (κ2) is 5.13. The van der Waals surface area contributed by atoms with Gasteiger partial charge in [0.25, 0.3) is 0 Å². The minimum atomic E-state index is 0.308. The Balaban J connectivity index is 1.75. The molecular weight excluding hydrogens is 260 g/mol. The second-order valence-corrected chi connectivity index (χ2v) is 5.32. The quantitative estimate of drug-likeness (QED) is 0.792. The average molecular weight is 276 g/mol. The van der Waals surface area contributed by atoms with Crippen LogP contribution in [0.5, 0.6) is 11.5 Å². The monoisotopic (exact) mass is 276 g/mol. The van der Waals surface area contributed by atoms with E-state index in [-0.39, 0.29) is 0 Å². The van der Waals surface area contributed by atoms with Crippen LogP contribution in [0.15, 0.2) is 66.8 Å². The fourth-order valence-corrected chi connectivity index (χ4v) is 2.92. The summed E-state index contributed by atoms with van der Waals surface area (Å²) in [7, 11) is 0. The highest BCUT2D eigenvalue weighted by Crippen LogP contribution is 2.41. The lowest BCUT2D eigenvalue weighted by Gasteiger charge is -2.15. The molecule has 1 unspecified atom stereocenters. The summed E-state index contributed by atoms with van der Waals surface area (Å²) in [6, 6.07) is 14.7. The molecule has 2 aliphatic rings. The third-order valence-corrected chi connectivity index (χ3v) is 4.00. The molecular formula is C19H16O2. The molecule has 0 radical (unpaired) electrons. The van der Waals surface area contributed by atoms with Crippen LogP contribution in [0.4, 0.5) is 0 Å². The summed E-state index contributed by atoms with van der Waals surface area (Å²) in [5.74, 6) is 2.15. The molecule has 1 heterocycles. The van der Waals surface area contributed by atoms with E-state index in [1.807, 2.05) is 12.1 Å². The number of fused-ring (bicyclic) bond motifs is 1. The van der Waals surface area contributed by atoms with Crippen LogP contribution in [0.2, 0.25) is 0 Å². The van der Waals surface area contributed by atoms with Crippen molar-refractivity contribution < 1.29 is 9.47 Å². The summed E-state index contributed by atoms with van der Waals surface area (Å²) in [6.45, 7) is 0.308. The average Bonchev–Trinajstić information content (AvgIpc) is 3.04. The summed E-state index contributed by atoms with van der Waals surface area (Å²) in [5, 5.41) is 0. The molecule has 1 atom stereocenters. The van der Waals surface area contributed by atoms with Crippen LogP contribution < -0.4 is 9.47 Å². The molecule has 1 aliphatic carbocycles. The minimum Gasteiger partial charge on any atom is -0.454 e. The molecule has 4 rings (SSSR count). The second-order valence-electron chi connectivity index (χ2n) is 5.32. The van der Waals surface area contributed by atoms with E-state index < -0.39 is 0 Å². The molecule has 104 valence electrons. The zero-order valence-corrected chi connectivity index (χ0v) is 11.7. The van der Waals surface area contributed by atoms with E-state index in [1.165, 1.54) is 11.1 Å². The zero-order valence-electron chi connectivity index (χ0n) is 11.7. The van der Waals surface area contributed by atoms with E-state index in [4.69, 9.17) is 9.47 Å². The van der Waals surface area contributed by atoms with E-state index in [1.54, 1.807) is 0 Å². The van der Waals surface area contributed by atoms with Crippen molar-refractivity contribution in [1.29, 1.82) is 0 Å². The first-order chi connectivity index (χ1) is 10.4. The Bertz CT molecular complexity index is 728. The van der Waals surface area contributed by atoms with E-state index in [9.17, 15) is 0 Å². The molecule has 0 amide bonds. The lowest BCUT2D eigenvalue weighted by molar-refractivity contribution is 0.174. The van der Waals surface area contributed by atoms with Crippen molar-refractivity contribution in [1.82, 2.24) is 0 Å². The molecule has 1 aliphatic heterocycles. The largest absolute Gasteiger partial charge is 0.454 e. The fraction of sp³-hybridized carbons (Fsp3) is 0.158. The van der Waals surface area contributed by atoms with Gasteiger partial charge < -0.3 is 9.47 Å². The van der Waals surface area contributed by atoms with Crippen molar-refractivity contribution >= 4 is 0 Å². The first-order valence-electron chi connectivity index (χ1n) is 7.24. The Morgan fingerprint density at radius 1 is 0.952 bits per heavy atom. The van der Waals surface area contributed by atoms with E-state index in [0.717, 1.165) is 23.5 Å². The SMILES string of the molecule is C1=CCC(c2cccc(-c3cccc4c3OCO4)c2)C=C1. The number of hydrogen-bond acceptors (Lipinski definition) is 2. The van der Waals surface area contributed by atoms with Crippen LogP contribution in [-0.2, 0) is 0 Å². The van der Waals surface area contributed by atoms with Gasteiger partial charge in [-0.05, 0) is 23.6 Å². The molecule has 0 aromatic heterocycles. The molecule has 2 aromatic rings. The Morgan fingerprint density at radius 3 is 2.81 bits per heavy atom. The normalized spacial score (nSPS) is 19.0. The van der Waals surface area contributed by atoms with Crippen LogP contribution in [0.1, 0.15) is 17.9 Å². The van der Waals surface area contributed by atoms with Gasteiger partial charge in [0.15, 0.2) is 11.5 Å². The van der Waals surface area contributed by atoms with Gasteiger partial charge in [0.1, 0.15) is 0 Å². The summed E-state index contributed by atoms with van der Waals surface area (Å²) >= 11 is 0. The molecule has 0 bridgehead atoms. The number of ether oxygens (including phenoxy) is 2. The lowest BCUT2D eigenvalue weighted by atomic mass is 9.90. The molecule has 21 heavy (non-hydrogen) atoms. The van der Waals surface area contributed by atoms with Gasteiger partial charge in [0.2, 0.25) is 6.79 Å². The fourth-order valence-electron chi connectivity index (χ4n) is 2.92. The van der Waals surface area contributed by atoms with Crippen molar-refractivity contribution in [3.05, 3.63) is 72.3 Å². The highest BCUT2D eigenvalue weighted by molar-refractivity contribution is 5.74. The van der Waals surface area contributed by atoms with Crippen molar-refractivity contribution in [2.45, 2.75) is 12.3 Å². The highest BCUT2D eigenvalue weighted by Gasteiger charge is 2.19. The lowest BCUT2D eigenvalue weighted by Crippen LogP contribution is -1.97. The van der Waals surface area contributed by atoms with E-state index in [0.29, 0.717) is 12.7 Å². The Kier molecular flexibility index (Phi) is 3.00. The van der Waals surface area contributed by atoms with Crippen molar-refractivity contribution in [2.24, 2.45) is 0 Å². The van der Waals surface area contributed by atoms with Gasteiger partial charge in [0.05, 0.1) is 0 Å². The number of hydrogen-bond donors (Lipinski definition) is 0. The Morgan fingerprint density at radius 2 is 1.90 bits per heavy atom. The maximum absolute atomic E-state index is 5.62. The summed E-state index contributed by atoms with van der Waals surface area (Å²) in [4.78, 5) is 0. The van der Waals surface area contributed by atoms with Gasteiger partial charge in [0, 0.05) is 11.5 Å². The Hall–Kier alpha value is -2.48. The summed E-state index contributed by atoms with van der Waals surface area (Å²) in [6.07, 6.45) is 9.77. The Labute approximate surface area is 124 Å². The first-order valence-corrected chi connectivity index (χ1v) is 7.24. The van der Waals surface area contributed by atoms with Crippen molar-refractivity contribution in [3.8, 4) is 22.6 Å². The summed E-state index contributed by atoms with van der Waals surface area (Å²) < 4.78 is 11.1. The van der Waals surface area contributed by atoms with E-state index in [2.05, 4.69) is 54.6 Å². The molecule has 0 spiro atoms. The van der Waals surface area contributed by atoms with Gasteiger partial charge in [-0.1, -0.05) is 60.7 Å². The number of rotatable bonds is 2. The van der Waals surface area contributed by atoms with Gasteiger partial charge in [-0.3, -0.25) is 0 Å². The standard InChI is InChI=1S/C19H16O2/c1-2-6-14(7-3-1)15-8-4-9-16(12-15)17-10-5-11-18-19(17)21-13-20-18/h1-6,8-12,14H,7,13H2. The topological polar surface area (TPSA) is 18.5 Å². The number of para-hydroxylation sites is 1. The first kappa shape index (κ1) is 12.3. The maximum atomic E-state index is 5.62. The molecule has 2 nitrogen and oxygen atoms in total. The highest BCUT2D eigenvalue weighted by atomic mass is 16.7. The molecule has 2 heteroatoms. The van der Waals surface area contributed by atoms with Gasteiger partial charge in [-0.2, -0.15) is 0 Å². The van der Waals surface area contributed by atoms with Crippen LogP contribution in [0.3, 0.4) is 0 Å². The maximum Gasteiger partial charge on any atom is 0.231 e. The van der Waals surface area contributed by atoms with Crippen LogP contribution in [0, 0.1) is 0 Å². The van der Waals surface area contributed by atoms with Gasteiger partial charge in [-0.25, -0.2) is 0 Å². The van der Waals surface area contributed by atoms with Crippen molar-refractivity contribution in [3.63, 3.8) is 0 Å². The van der Waals surface area contributed by atoms with Crippen LogP contribution >= 0.6 is 0 Å². The molecule has 0 saturated heterocycles. The predicted octanol–water partition coefficient (Wildman–Crippen LogP) is 4.68. The molecule has 2 aromatic carbocycles. The third kappa shape index (κ3) is 2.23. The molecule has 0 fully saturated rings. The van der Waals surface area contributed by atoms with Crippen molar-refractivity contribution in [2.75, 3.05) is 6.79 Å².